The maximum Gasteiger partial charge on any atom is 0.295 e. The molecule has 0 radical (unpaired) electrons. The summed E-state index contributed by atoms with van der Waals surface area (Å²) in [7, 11) is 1.66. The van der Waals surface area contributed by atoms with E-state index < -0.39 is 0 Å². The first kappa shape index (κ1) is 5.96. The number of tetrazole rings is 1. The lowest BCUT2D eigenvalue weighted by Crippen LogP contribution is -2.18. The zero-order valence-corrected chi connectivity index (χ0v) is 5.67. The maximum absolute atomic E-state index is 10.9. The van der Waals surface area contributed by atoms with Crippen molar-refractivity contribution < 1.29 is 0 Å². The van der Waals surface area contributed by atoms with Crippen LogP contribution in [0.3, 0.4) is 0 Å². The zero-order chi connectivity index (χ0) is 7.84. The van der Waals surface area contributed by atoms with E-state index in [4.69, 9.17) is 0 Å². The highest BCUT2D eigenvalue weighted by Gasteiger charge is 2.01. The van der Waals surface area contributed by atoms with Crippen molar-refractivity contribution in [1.29, 1.82) is 0 Å². The van der Waals surface area contributed by atoms with Gasteiger partial charge in [0.25, 0.3) is 11.3 Å². The molecule has 2 aromatic rings. The molecule has 0 saturated heterocycles. The number of nitrogens with zero attached hydrogens (tertiary/aromatic N) is 6. The Labute approximate surface area is 60.3 Å². The Balaban J connectivity index is 3.08. The molecule has 0 spiro atoms. The van der Waals surface area contributed by atoms with Crippen molar-refractivity contribution in [2.24, 2.45) is 7.05 Å². The second-order valence-electron chi connectivity index (χ2n) is 2.00. The Bertz CT molecular complexity index is 441. The fraction of sp³-hybridized carbons (Fsp3) is 0.250. The Morgan fingerprint density at radius 2 is 2.36 bits per heavy atom. The van der Waals surface area contributed by atoms with Crippen molar-refractivity contribution in [2.75, 3.05) is 0 Å². The molecule has 0 aromatic carbocycles. The molecule has 0 saturated carbocycles. The summed E-state index contributed by atoms with van der Waals surface area (Å²) in [4.78, 5) is 10.9. The molecule has 56 valence electrons. The third-order valence-electron chi connectivity index (χ3n) is 1.29. The monoisotopic (exact) mass is 152 g/mol. The van der Waals surface area contributed by atoms with Gasteiger partial charge in [-0.05, 0) is 10.4 Å². The molecular formula is C4H4N6O. The van der Waals surface area contributed by atoms with E-state index in [1.54, 1.807) is 7.05 Å². The van der Waals surface area contributed by atoms with Gasteiger partial charge < -0.3 is 0 Å². The number of rotatable bonds is 0. The van der Waals surface area contributed by atoms with Gasteiger partial charge in [0.05, 0.1) is 0 Å². The molecule has 0 atom stereocenters. The van der Waals surface area contributed by atoms with Crippen molar-refractivity contribution in [1.82, 2.24) is 29.8 Å². The van der Waals surface area contributed by atoms with E-state index in [0.29, 0.717) is 5.78 Å². The van der Waals surface area contributed by atoms with E-state index in [2.05, 4.69) is 20.6 Å². The first-order chi connectivity index (χ1) is 5.29. The first-order valence-electron chi connectivity index (χ1n) is 2.89. The highest BCUT2D eigenvalue weighted by molar-refractivity contribution is 5.20. The lowest BCUT2D eigenvalue weighted by Gasteiger charge is -1.93. The normalized spacial score (nSPS) is 10.6. The van der Waals surface area contributed by atoms with Crippen LogP contribution in [0.25, 0.3) is 5.78 Å². The SMILES string of the molecule is Cn1ncc(=O)n2nnnc12. The van der Waals surface area contributed by atoms with E-state index >= 15 is 0 Å². The molecule has 7 heteroatoms. The summed E-state index contributed by atoms with van der Waals surface area (Å²) < 4.78 is 2.49. The van der Waals surface area contributed by atoms with Gasteiger partial charge in [-0.15, -0.1) is 4.52 Å². The first-order valence-corrected chi connectivity index (χ1v) is 2.89. The molecule has 0 amide bonds. The van der Waals surface area contributed by atoms with Gasteiger partial charge in [0.1, 0.15) is 6.20 Å². The van der Waals surface area contributed by atoms with Gasteiger partial charge in [0.15, 0.2) is 0 Å². The Kier molecular flexibility index (Phi) is 0.999. The number of hydrogen-bond acceptors (Lipinski definition) is 5. The molecule has 0 aliphatic heterocycles. The molecule has 2 heterocycles. The van der Waals surface area contributed by atoms with Crippen molar-refractivity contribution in [3.8, 4) is 0 Å². The van der Waals surface area contributed by atoms with E-state index in [1.807, 2.05) is 0 Å². The molecule has 0 unspecified atom stereocenters. The van der Waals surface area contributed by atoms with Crippen LogP contribution in [-0.4, -0.2) is 29.8 Å². The highest BCUT2D eigenvalue weighted by atomic mass is 16.1. The molecule has 0 aliphatic carbocycles. The number of hydrogen-bond donors (Lipinski definition) is 0. The van der Waals surface area contributed by atoms with Gasteiger partial charge in [-0.25, -0.2) is 4.68 Å². The van der Waals surface area contributed by atoms with Crippen LogP contribution in [0.1, 0.15) is 0 Å². The van der Waals surface area contributed by atoms with Crippen LogP contribution in [0.15, 0.2) is 11.0 Å². The van der Waals surface area contributed by atoms with Crippen LogP contribution in [0.2, 0.25) is 0 Å². The highest BCUT2D eigenvalue weighted by Crippen LogP contribution is 1.83. The summed E-state index contributed by atoms with van der Waals surface area (Å²) in [5.74, 6) is 0.331. The molecule has 0 aliphatic rings. The summed E-state index contributed by atoms with van der Waals surface area (Å²) in [6.07, 6.45) is 1.16. The van der Waals surface area contributed by atoms with Gasteiger partial charge in [-0.1, -0.05) is 5.10 Å². The summed E-state index contributed by atoms with van der Waals surface area (Å²) >= 11 is 0. The smallest absolute Gasteiger partial charge is 0.265 e. The molecule has 11 heavy (non-hydrogen) atoms. The van der Waals surface area contributed by atoms with Gasteiger partial charge in [0, 0.05) is 7.05 Å². The van der Waals surface area contributed by atoms with E-state index in [0.717, 1.165) is 10.7 Å². The van der Waals surface area contributed by atoms with E-state index in [1.165, 1.54) is 4.68 Å². The van der Waals surface area contributed by atoms with Crippen LogP contribution in [-0.2, 0) is 7.05 Å². The average molecular weight is 152 g/mol. The molecule has 2 rings (SSSR count). The Hall–Kier alpha value is -1.79. The van der Waals surface area contributed by atoms with Gasteiger partial charge in [0.2, 0.25) is 0 Å². The predicted octanol–water partition coefficient (Wildman–Crippen LogP) is -1.78. The lowest BCUT2D eigenvalue weighted by molar-refractivity contribution is 0.699. The Morgan fingerprint density at radius 3 is 3.09 bits per heavy atom. The maximum atomic E-state index is 10.9. The fourth-order valence-electron chi connectivity index (χ4n) is 0.769. The lowest BCUT2D eigenvalue weighted by atomic mass is 10.8. The number of aryl methyl sites for hydroxylation is 1. The molecule has 2 aromatic heterocycles. The van der Waals surface area contributed by atoms with Crippen LogP contribution < -0.4 is 5.56 Å². The fourth-order valence-corrected chi connectivity index (χ4v) is 0.769. The van der Waals surface area contributed by atoms with Crippen molar-refractivity contribution in [3.05, 3.63) is 16.6 Å². The summed E-state index contributed by atoms with van der Waals surface area (Å²) in [5, 5.41) is 14.1. The van der Waals surface area contributed by atoms with Crippen molar-refractivity contribution >= 4 is 5.78 Å². The molecule has 0 N–H and O–H groups in total. The average Bonchev–Trinajstić information content (AvgIpc) is 2.45. The Morgan fingerprint density at radius 1 is 1.55 bits per heavy atom. The van der Waals surface area contributed by atoms with Crippen LogP contribution in [0.5, 0.6) is 0 Å². The molecular weight excluding hydrogens is 148 g/mol. The largest absolute Gasteiger partial charge is 0.295 e. The summed E-state index contributed by atoms with van der Waals surface area (Å²) in [5.41, 5.74) is -0.330. The van der Waals surface area contributed by atoms with Crippen molar-refractivity contribution in [3.63, 3.8) is 0 Å². The van der Waals surface area contributed by atoms with Crippen molar-refractivity contribution in [2.45, 2.75) is 0 Å². The van der Waals surface area contributed by atoms with Gasteiger partial charge in [-0.3, -0.25) is 4.79 Å². The standard InChI is InChI=1S/C4H4N6O/c1-9-4-6-7-8-10(4)3(11)2-5-9/h2H,1H3. The van der Waals surface area contributed by atoms with E-state index in [-0.39, 0.29) is 5.56 Å². The third-order valence-corrected chi connectivity index (χ3v) is 1.29. The second-order valence-corrected chi connectivity index (χ2v) is 2.00. The quantitative estimate of drug-likeness (QED) is 0.446. The summed E-state index contributed by atoms with van der Waals surface area (Å²) in [6.45, 7) is 0. The minimum Gasteiger partial charge on any atom is -0.265 e. The summed E-state index contributed by atoms with van der Waals surface area (Å²) in [6, 6.07) is 0. The van der Waals surface area contributed by atoms with Crippen LogP contribution in [0, 0.1) is 0 Å². The van der Waals surface area contributed by atoms with Gasteiger partial charge in [-0.2, -0.15) is 5.10 Å². The number of aromatic nitrogens is 6. The van der Waals surface area contributed by atoms with E-state index in [9.17, 15) is 4.79 Å². The second kappa shape index (κ2) is 1.84. The zero-order valence-electron chi connectivity index (χ0n) is 5.67. The van der Waals surface area contributed by atoms with Gasteiger partial charge >= 0.3 is 0 Å². The minimum absolute atomic E-state index is 0.330. The van der Waals surface area contributed by atoms with Crippen LogP contribution in [0.4, 0.5) is 0 Å². The molecule has 0 fully saturated rings. The third kappa shape index (κ3) is 0.704. The molecule has 0 bridgehead atoms. The molecule has 7 nitrogen and oxygen atoms in total. The number of fused-ring (bicyclic) bond motifs is 1. The minimum atomic E-state index is -0.330. The predicted molar refractivity (Wildman–Crippen MR) is 33.8 cm³/mol. The van der Waals surface area contributed by atoms with Crippen LogP contribution >= 0.6 is 0 Å². The topological polar surface area (TPSA) is 78.0 Å².